The summed E-state index contributed by atoms with van der Waals surface area (Å²) < 4.78 is 40.4. The summed E-state index contributed by atoms with van der Waals surface area (Å²) in [7, 11) is 1.89. The minimum absolute atomic E-state index is 0.0568. The topological polar surface area (TPSA) is 63.1 Å². The summed E-state index contributed by atoms with van der Waals surface area (Å²) in [6, 6.07) is 8.05. The van der Waals surface area contributed by atoms with E-state index in [2.05, 4.69) is 22.2 Å². The van der Waals surface area contributed by atoms with Gasteiger partial charge in [-0.25, -0.2) is 9.97 Å². The highest BCUT2D eigenvalue weighted by atomic mass is 19.4. The molecule has 1 N–H and O–H groups in total. The monoisotopic (exact) mass is 471 g/mol. The summed E-state index contributed by atoms with van der Waals surface area (Å²) in [5.41, 5.74) is 2.50. The largest absolute Gasteiger partial charge is 0.417 e. The van der Waals surface area contributed by atoms with Crippen molar-refractivity contribution in [3.05, 3.63) is 65.7 Å². The fraction of sp³-hybridized carbons (Fsp3) is 0.400. The molecule has 180 valence electrons. The minimum atomic E-state index is -4.42. The maximum absolute atomic E-state index is 13.8. The van der Waals surface area contributed by atoms with Crippen molar-refractivity contribution < 1.29 is 18.0 Å². The van der Waals surface area contributed by atoms with Crippen molar-refractivity contribution >= 4 is 11.7 Å². The fourth-order valence-electron chi connectivity index (χ4n) is 4.52. The zero-order valence-corrected chi connectivity index (χ0v) is 19.4. The third-order valence-corrected chi connectivity index (χ3v) is 6.46. The van der Waals surface area contributed by atoms with E-state index < -0.39 is 11.7 Å². The lowest BCUT2D eigenvalue weighted by molar-refractivity contribution is -0.137. The van der Waals surface area contributed by atoms with Gasteiger partial charge in [0.05, 0.1) is 29.8 Å². The van der Waals surface area contributed by atoms with E-state index in [-0.39, 0.29) is 17.9 Å². The Bertz CT molecular complexity index is 1160. The quantitative estimate of drug-likeness (QED) is 0.558. The van der Waals surface area contributed by atoms with Crippen molar-refractivity contribution in [2.24, 2.45) is 13.0 Å². The number of anilines is 1. The second kappa shape index (κ2) is 9.48. The molecule has 0 saturated carbocycles. The maximum atomic E-state index is 13.8. The van der Waals surface area contributed by atoms with E-state index in [1.807, 2.05) is 41.6 Å². The summed E-state index contributed by atoms with van der Waals surface area (Å²) in [5.74, 6) is 0.521. The SMILES string of the molecule is Cc1ccc(-c2cncn2C)c(C(=O)N2CCC[C@@H](C)C2CNc2ccc(C(F)(F)F)cn2)c1. The number of amides is 1. The zero-order valence-electron chi connectivity index (χ0n) is 19.4. The molecule has 1 unspecified atom stereocenters. The number of benzene rings is 1. The molecule has 2 atom stereocenters. The standard InChI is InChI=1S/C25H28F3N5O/c1-16-6-8-19(22-13-29-15-32(22)3)20(11-16)24(34)33-10-4-5-17(2)21(33)14-31-23-9-7-18(12-30-23)25(26,27)28/h6-9,11-13,15,17,21H,4-5,10,14H2,1-3H3,(H,30,31)/t17-,21?/m1/s1. The molecule has 1 fully saturated rings. The van der Waals surface area contributed by atoms with Gasteiger partial charge in [0.15, 0.2) is 0 Å². The van der Waals surface area contributed by atoms with Gasteiger partial charge in [-0.15, -0.1) is 0 Å². The fourth-order valence-corrected chi connectivity index (χ4v) is 4.52. The Morgan fingerprint density at radius 1 is 1.21 bits per heavy atom. The number of aryl methyl sites for hydroxylation is 2. The number of nitrogens with one attached hydrogen (secondary N) is 1. The minimum Gasteiger partial charge on any atom is -0.368 e. The molecule has 1 saturated heterocycles. The Balaban J connectivity index is 1.58. The molecule has 34 heavy (non-hydrogen) atoms. The van der Waals surface area contributed by atoms with Crippen LogP contribution in [0.2, 0.25) is 0 Å². The van der Waals surface area contributed by atoms with E-state index >= 15 is 0 Å². The first-order valence-corrected chi connectivity index (χ1v) is 11.3. The Morgan fingerprint density at radius 3 is 2.65 bits per heavy atom. The summed E-state index contributed by atoms with van der Waals surface area (Å²) in [6.45, 7) is 5.08. The van der Waals surface area contributed by atoms with Crippen LogP contribution in [0, 0.1) is 12.8 Å². The molecule has 6 nitrogen and oxygen atoms in total. The highest BCUT2D eigenvalue weighted by Crippen LogP contribution is 2.31. The van der Waals surface area contributed by atoms with Gasteiger partial charge in [-0.3, -0.25) is 4.79 Å². The van der Waals surface area contributed by atoms with Crippen LogP contribution in [0.15, 0.2) is 49.1 Å². The number of rotatable bonds is 5. The van der Waals surface area contributed by atoms with Crippen LogP contribution in [-0.2, 0) is 13.2 Å². The molecule has 0 spiro atoms. The van der Waals surface area contributed by atoms with Crippen LogP contribution in [0.4, 0.5) is 19.0 Å². The molecule has 0 radical (unpaired) electrons. The normalized spacial score (nSPS) is 18.7. The van der Waals surface area contributed by atoms with Crippen molar-refractivity contribution in [2.45, 2.75) is 38.9 Å². The molecule has 1 aliphatic heterocycles. The summed E-state index contributed by atoms with van der Waals surface area (Å²) in [6.07, 6.45) is 1.72. The van der Waals surface area contributed by atoms with Gasteiger partial charge in [0, 0.05) is 37.5 Å². The number of pyridine rings is 1. The van der Waals surface area contributed by atoms with Gasteiger partial charge in [0.2, 0.25) is 0 Å². The van der Waals surface area contributed by atoms with Crippen molar-refractivity contribution in [3.8, 4) is 11.3 Å². The number of carbonyl (C=O) groups is 1. The number of imidazole rings is 1. The first-order valence-electron chi connectivity index (χ1n) is 11.3. The second-order valence-corrected chi connectivity index (χ2v) is 8.94. The summed E-state index contributed by atoms with van der Waals surface area (Å²) in [5, 5.41) is 3.14. The Morgan fingerprint density at radius 2 is 2.00 bits per heavy atom. The number of alkyl halides is 3. The Kier molecular flexibility index (Phi) is 6.63. The zero-order chi connectivity index (χ0) is 24.5. The summed E-state index contributed by atoms with van der Waals surface area (Å²) >= 11 is 0. The molecule has 1 aliphatic rings. The smallest absolute Gasteiger partial charge is 0.368 e. The Hall–Kier alpha value is -3.36. The van der Waals surface area contributed by atoms with Gasteiger partial charge >= 0.3 is 6.18 Å². The van der Waals surface area contributed by atoms with E-state index in [0.29, 0.717) is 24.5 Å². The van der Waals surface area contributed by atoms with E-state index in [9.17, 15) is 18.0 Å². The van der Waals surface area contributed by atoms with Crippen LogP contribution in [0.1, 0.15) is 41.3 Å². The lowest BCUT2D eigenvalue weighted by atomic mass is 9.89. The van der Waals surface area contributed by atoms with E-state index in [0.717, 1.165) is 41.9 Å². The molecule has 3 aromatic rings. The van der Waals surface area contributed by atoms with Crippen LogP contribution in [0.3, 0.4) is 0 Å². The average molecular weight is 472 g/mol. The van der Waals surface area contributed by atoms with Crippen LogP contribution < -0.4 is 5.32 Å². The predicted octanol–water partition coefficient (Wildman–Crippen LogP) is 5.16. The number of nitrogens with zero attached hydrogens (tertiary/aromatic N) is 4. The highest BCUT2D eigenvalue weighted by Gasteiger charge is 2.34. The van der Waals surface area contributed by atoms with Gasteiger partial charge < -0.3 is 14.8 Å². The van der Waals surface area contributed by atoms with Crippen LogP contribution >= 0.6 is 0 Å². The number of hydrogen-bond donors (Lipinski definition) is 1. The van der Waals surface area contributed by atoms with Crippen molar-refractivity contribution in [1.29, 1.82) is 0 Å². The van der Waals surface area contributed by atoms with Crippen LogP contribution in [-0.4, -0.2) is 44.5 Å². The number of hydrogen-bond acceptors (Lipinski definition) is 4. The molecular formula is C25H28F3N5O. The van der Waals surface area contributed by atoms with Crippen molar-refractivity contribution in [2.75, 3.05) is 18.4 Å². The molecule has 0 aliphatic carbocycles. The Labute approximate surface area is 196 Å². The number of carbonyl (C=O) groups excluding carboxylic acids is 1. The van der Waals surface area contributed by atoms with E-state index in [1.165, 1.54) is 6.07 Å². The van der Waals surface area contributed by atoms with Crippen molar-refractivity contribution in [3.63, 3.8) is 0 Å². The second-order valence-electron chi connectivity index (χ2n) is 8.94. The molecule has 3 heterocycles. The lowest BCUT2D eigenvalue weighted by Gasteiger charge is -2.40. The first-order chi connectivity index (χ1) is 16.1. The number of halogens is 3. The van der Waals surface area contributed by atoms with Gasteiger partial charge in [0.25, 0.3) is 5.91 Å². The third kappa shape index (κ3) is 4.93. The number of aromatic nitrogens is 3. The van der Waals surface area contributed by atoms with E-state index in [1.54, 1.807) is 12.5 Å². The summed E-state index contributed by atoms with van der Waals surface area (Å²) in [4.78, 5) is 23.8. The molecule has 1 amide bonds. The molecule has 9 heteroatoms. The predicted molar refractivity (Wildman–Crippen MR) is 124 cm³/mol. The van der Waals surface area contributed by atoms with Crippen LogP contribution in [0.5, 0.6) is 0 Å². The average Bonchev–Trinajstić information content (AvgIpc) is 3.23. The van der Waals surface area contributed by atoms with Gasteiger partial charge in [-0.05, 0) is 43.9 Å². The number of likely N-dealkylation sites (tertiary alicyclic amines) is 1. The van der Waals surface area contributed by atoms with Gasteiger partial charge in [-0.2, -0.15) is 13.2 Å². The number of piperidine rings is 1. The van der Waals surface area contributed by atoms with E-state index in [4.69, 9.17) is 0 Å². The third-order valence-electron chi connectivity index (χ3n) is 6.46. The molecule has 2 aromatic heterocycles. The molecule has 0 bridgehead atoms. The first kappa shape index (κ1) is 23.8. The van der Waals surface area contributed by atoms with Gasteiger partial charge in [0.1, 0.15) is 5.82 Å². The molecule has 1 aromatic carbocycles. The maximum Gasteiger partial charge on any atom is 0.417 e. The molecular weight excluding hydrogens is 443 g/mol. The van der Waals surface area contributed by atoms with Gasteiger partial charge in [-0.1, -0.05) is 24.6 Å². The lowest BCUT2D eigenvalue weighted by Crippen LogP contribution is -2.51. The highest BCUT2D eigenvalue weighted by molar-refractivity contribution is 6.01. The van der Waals surface area contributed by atoms with Crippen LogP contribution in [0.25, 0.3) is 11.3 Å². The van der Waals surface area contributed by atoms with Crippen molar-refractivity contribution in [1.82, 2.24) is 19.4 Å². The molecule has 4 rings (SSSR count).